The lowest BCUT2D eigenvalue weighted by atomic mass is 10.1. The van der Waals surface area contributed by atoms with Crippen LogP contribution in [0.4, 0.5) is 0 Å². The number of hydrogen-bond donors (Lipinski definition) is 0. The van der Waals surface area contributed by atoms with E-state index in [4.69, 9.17) is 5.26 Å². The number of nitrogens with zero attached hydrogens (tertiary/aromatic N) is 1. The number of nitriles is 1. The monoisotopic (exact) mass is 207 g/mol. The maximum Gasteiger partial charge on any atom is 0.0663 e. The first-order valence-corrected chi connectivity index (χ1v) is 6.43. The van der Waals surface area contributed by atoms with Gasteiger partial charge in [0.15, 0.2) is 0 Å². The normalized spacial score (nSPS) is 10.7. The Bertz CT molecular complexity index is 176. The smallest absolute Gasteiger partial charge is 0.0663 e. The molecule has 0 atom stereocenters. The van der Waals surface area contributed by atoms with E-state index in [-0.39, 0.29) is 0 Å². The van der Waals surface area contributed by atoms with Crippen molar-refractivity contribution >= 4 is 0 Å². The molecule has 0 unspecified atom stereocenters. The summed E-state index contributed by atoms with van der Waals surface area (Å²) in [6.07, 6.45) is 16.8. The van der Waals surface area contributed by atoms with Crippen LogP contribution in [0.2, 0.25) is 0 Å². The maximum absolute atomic E-state index is 8.31. The molecule has 0 aliphatic carbocycles. The van der Waals surface area contributed by atoms with Crippen LogP contribution < -0.4 is 0 Å². The minimum absolute atomic E-state index is 0.566. The van der Waals surface area contributed by atoms with E-state index < -0.39 is 0 Å². The lowest BCUT2D eigenvalue weighted by molar-refractivity contribution is 0.577. The van der Waals surface area contributed by atoms with Gasteiger partial charge in [-0.25, -0.2) is 0 Å². The number of rotatable bonds is 10. The summed E-state index contributed by atoms with van der Waals surface area (Å²) in [5.41, 5.74) is 0. The van der Waals surface area contributed by atoms with E-state index in [9.17, 15) is 0 Å². The van der Waals surface area contributed by atoms with Crippen molar-refractivity contribution in [3.8, 4) is 6.07 Å². The highest BCUT2D eigenvalue weighted by Gasteiger charge is 1.89. The van der Waals surface area contributed by atoms with Crippen LogP contribution >= 0.6 is 0 Å². The first kappa shape index (κ1) is 14.2. The molecule has 0 rings (SSSR count). The summed E-state index contributed by atoms with van der Waals surface area (Å²) in [7, 11) is 0. The molecule has 0 aromatic carbocycles. The lowest BCUT2D eigenvalue weighted by Crippen LogP contribution is -1.79. The highest BCUT2D eigenvalue weighted by molar-refractivity contribution is 4.90. The first-order valence-electron chi connectivity index (χ1n) is 6.43. The predicted molar refractivity (Wildman–Crippen MR) is 66.6 cm³/mol. The standard InChI is InChI=1S/C14H25N/c1-2-3-4-5-6-7-8-9-10-11-12-13-14-15/h11-12H,2-10,13H2,1H3/b12-11+. The van der Waals surface area contributed by atoms with Crippen molar-refractivity contribution in [1.82, 2.24) is 0 Å². The van der Waals surface area contributed by atoms with Crippen molar-refractivity contribution in [3.05, 3.63) is 12.2 Å². The molecular formula is C14H25N. The number of unbranched alkanes of at least 4 members (excludes halogenated alkanes) is 8. The van der Waals surface area contributed by atoms with Crippen molar-refractivity contribution in [2.24, 2.45) is 0 Å². The number of hydrogen-bond acceptors (Lipinski definition) is 1. The molecule has 0 aliphatic heterocycles. The van der Waals surface area contributed by atoms with E-state index in [1.54, 1.807) is 0 Å². The van der Waals surface area contributed by atoms with Gasteiger partial charge in [-0.3, -0.25) is 0 Å². The summed E-state index contributed by atoms with van der Waals surface area (Å²) in [6.45, 7) is 2.26. The summed E-state index contributed by atoms with van der Waals surface area (Å²) >= 11 is 0. The molecule has 0 N–H and O–H groups in total. The lowest BCUT2D eigenvalue weighted by Gasteiger charge is -1.99. The van der Waals surface area contributed by atoms with Crippen molar-refractivity contribution in [1.29, 1.82) is 5.26 Å². The van der Waals surface area contributed by atoms with Crippen LogP contribution in [-0.2, 0) is 0 Å². The molecule has 0 heterocycles. The highest BCUT2D eigenvalue weighted by Crippen LogP contribution is 2.09. The van der Waals surface area contributed by atoms with Gasteiger partial charge in [-0.2, -0.15) is 5.26 Å². The van der Waals surface area contributed by atoms with Crippen LogP contribution in [0, 0.1) is 11.3 Å². The van der Waals surface area contributed by atoms with Crippen LogP contribution in [-0.4, -0.2) is 0 Å². The van der Waals surface area contributed by atoms with Crippen LogP contribution in [0.15, 0.2) is 12.2 Å². The topological polar surface area (TPSA) is 23.8 Å². The van der Waals surface area contributed by atoms with E-state index in [0.29, 0.717) is 6.42 Å². The van der Waals surface area contributed by atoms with Crippen LogP contribution in [0.5, 0.6) is 0 Å². The minimum Gasteiger partial charge on any atom is -0.198 e. The van der Waals surface area contributed by atoms with E-state index in [1.165, 1.54) is 51.4 Å². The maximum atomic E-state index is 8.31. The van der Waals surface area contributed by atoms with Crippen molar-refractivity contribution in [2.75, 3.05) is 0 Å². The van der Waals surface area contributed by atoms with Crippen molar-refractivity contribution < 1.29 is 0 Å². The Hall–Kier alpha value is -0.770. The Morgan fingerprint density at radius 1 is 0.867 bits per heavy atom. The second-order valence-electron chi connectivity index (χ2n) is 4.10. The first-order chi connectivity index (χ1) is 7.41. The van der Waals surface area contributed by atoms with Crippen LogP contribution in [0.3, 0.4) is 0 Å². The molecule has 1 nitrogen and oxygen atoms in total. The Morgan fingerprint density at radius 2 is 1.47 bits per heavy atom. The Morgan fingerprint density at radius 3 is 2.07 bits per heavy atom. The summed E-state index contributed by atoms with van der Waals surface area (Å²) in [4.78, 5) is 0. The molecule has 0 aromatic heterocycles. The molecule has 0 aromatic rings. The third-order valence-electron chi connectivity index (χ3n) is 2.60. The summed E-state index contributed by atoms with van der Waals surface area (Å²) in [5.74, 6) is 0. The predicted octanol–water partition coefficient (Wildman–Crippen LogP) is 4.99. The fourth-order valence-corrected chi connectivity index (χ4v) is 1.65. The molecule has 0 saturated heterocycles. The fraction of sp³-hybridized carbons (Fsp3) is 0.786. The van der Waals surface area contributed by atoms with E-state index in [0.717, 1.165) is 6.42 Å². The van der Waals surface area contributed by atoms with E-state index in [2.05, 4.69) is 19.1 Å². The third kappa shape index (κ3) is 13.2. The van der Waals surface area contributed by atoms with Gasteiger partial charge in [-0.1, -0.05) is 64.0 Å². The second kappa shape index (κ2) is 13.2. The van der Waals surface area contributed by atoms with Gasteiger partial charge in [0.05, 0.1) is 12.5 Å². The van der Waals surface area contributed by atoms with Crippen molar-refractivity contribution in [3.63, 3.8) is 0 Å². The molecule has 0 spiro atoms. The molecule has 0 amide bonds. The van der Waals surface area contributed by atoms with Crippen molar-refractivity contribution in [2.45, 2.75) is 71.1 Å². The van der Waals surface area contributed by atoms with Crippen LogP contribution in [0.25, 0.3) is 0 Å². The molecule has 0 saturated carbocycles. The molecule has 86 valence electrons. The van der Waals surface area contributed by atoms with Gasteiger partial charge in [-0.05, 0) is 12.8 Å². The minimum atomic E-state index is 0.566. The molecule has 0 radical (unpaired) electrons. The van der Waals surface area contributed by atoms with Crippen LogP contribution in [0.1, 0.15) is 71.1 Å². The zero-order valence-electron chi connectivity index (χ0n) is 10.2. The Labute approximate surface area is 95.2 Å². The van der Waals surface area contributed by atoms with Gasteiger partial charge in [0.1, 0.15) is 0 Å². The largest absolute Gasteiger partial charge is 0.198 e. The second-order valence-corrected chi connectivity index (χ2v) is 4.10. The Balaban J connectivity index is 2.96. The highest BCUT2D eigenvalue weighted by atomic mass is 14.2. The third-order valence-corrected chi connectivity index (χ3v) is 2.60. The summed E-state index contributed by atoms with van der Waals surface area (Å²) < 4.78 is 0. The zero-order valence-corrected chi connectivity index (χ0v) is 10.2. The van der Waals surface area contributed by atoms with Gasteiger partial charge >= 0.3 is 0 Å². The van der Waals surface area contributed by atoms with Gasteiger partial charge in [-0.15, -0.1) is 0 Å². The van der Waals surface area contributed by atoms with E-state index >= 15 is 0 Å². The average molecular weight is 207 g/mol. The number of allylic oxidation sites excluding steroid dienone is 2. The quantitative estimate of drug-likeness (QED) is 0.366. The molecule has 0 fully saturated rings. The Kier molecular flexibility index (Phi) is 12.6. The van der Waals surface area contributed by atoms with Gasteiger partial charge in [0.2, 0.25) is 0 Å². The van der Waals surface area contributed by atoms with Gasteiger partial charge in [0.25, 0.3) is 0 Å². The average Bonchev–Trinajstić information content (AvgIpc) is 2.26. The fourth-order valence-electron chi connectivity index (χ4n) is 1.65. The van der Waals surface area contributed by atoms with Gasteiger partial charge < -0.3 is 0 Å². The molecule has 15 heavy (non-hydrogen) atoms. The molecular weight excluding hydrogens is 182 g/mol. The summed E-state index contributed by atoms with van der Waals surface area (Å²) in [5, 5.41) is 8.31. The van der Waals surface area contributed by atoms with Gasteiger partial charge in [0, 0.05) is 0 Å². The zero-order chi connectivity index (χ0) is 11.2. The summed E-state index contributed by atoms with van der Waals surface area (Å²) in [6, 6.07) is 2.11. The SMILES string of the molecule is CCCCCCCCCC/C=C/CC#N. The van der Waals surface area contributed by atoms with E-state index in [1.807, 2.05) is 6.08 Å². The molecule has 0 aliphatic rings. The molecule has 1 heteroatoms. The molecule has 0 bridgehead atoms.